The number of hydrogen-bond donors (Lipinski definition) is 1. The van der Waals surface area contributed by atoms with Gasteiger partial charge < -0.3 is 10.1 Å². The summed E-state index contributed by atoms with van der Waals surface area (Å²) in [7, 11) is 1.92. The molecule has 4 heteroatoms. The van der Waals surface area contributed by atoms with Crippen molar-refractivity contribution in [3.8, 4) is 11.5 Å². The Labute approximate surface area is 118 Å². The van der Waals surface area contributed by atoms with Crippen LogP contribution in [0.3, 0.4) is 0 Å². The number of aromatic nitrogens is 1. The van der Waals surface area contributed by atoms with Crippen LogP contribution < -0.4 is 10.1 Å². The molecule has 0 radical (unpaired) electrons. The summed E-state index contributed by atoms with van der Waals surface area (Å²) in [6.07, 6.45) is 1.69. The molecular weight excluding hydrogens is 260 g/mol. The van der Waals surface area contributed by atoms with Gasteiger partial charge in [-0.15, -0.1) is 0 Å². The molecule has 0 aliphatic heterocycles. The molecule has 0 spiro atoms. The zero-order chi connectivity index (χ0) is 13.8. The summed E-state index contributed by atoms with van der Waals surface area (Å²) in [6, 6.07) is 9.84. The quantitative estimate of drug-likeness (QED) is 0.912. The highest BCUT2D eigenvalue weighted by atomic mass is 35.5. The number of halogens is 1. The van der Waals surface area contributed by atoms with Gasteiger partial charge in [-0.2, -0.15) is 0 Å². The molecule has 3 nitrogen and oxygen atoms in total. The third-order valence-corrected chi connectivity index (χ3v) is 3.30. The first-order valence-corrected chi connectivity index (χ1v) is 6.55. The summed E-state index contributed by atoms with van der Waals surface area (Å²) in [5, 5.41) is 3.77. The summed E-state index contributed by atoms with van der Waals surface area (Å²) in [5.41, 5.74) is 2.08. The van der Waals surface area contributed by atoms with E-state index in [1.807, 2.05) is 44.3 Å². The van der Waals surface area contributed by atoms with Gasteiger partial charge in [-0.1, -0.05) is 17.7 Å². The van der Waals surface area contributed by atoms with Crippen molar-refractivity contribution in [2.45, 2.75) is 19.9 Å². The Balaban J connectivity index is 2.19. The third-order valence-electron chi connectivity index (χ3n) is 3.00. The van der Waals surface area contributed by atoms with Gasteiger partial charge in [0.2, 0.25) is 0 Å². The van der Waals surface area contributed by atoms with Crippen molar-refractivity contribution >= 4 is 11.6 Å². The molecule has 2 aromatic rings. The molecule has 0 aliphatic rings. The van der Waals surface area contributed by atoms with E-state index in [4.69, 9.17) is 16.3 Å². The average molecular weight is 277 g/mol. The fourth-order valence-corrected chi connectivity index (χ4v) is 1.91. The first kappa shape index (κ1) is 13.8. The van der Waals surface area contributed by atoms with Crippen molar-refractivity contribution < 1.29 is 4.74 Å². The Hall–Kier alpha value is -1.58. The highest BCUT2D eigenvalue weighted by Crippen LogP contribution is 2.31. The van der Waals surface area contributed by atoms with E-state index >= 15 is 0 Å². The van der Waals surface area contributed by atoms with Gasteiger partial charge in [0.25, 0.3) is 0 Å². The van der Waals surface area contributed by atoms with Crippen molar-refractivity contribution in [2.75, 3.05) is 7.05 Å². The minimum atomic E-state index is 0.257. The standard InChI is InChI=1S/C15H17ClN2O/c1-10-4-6-13(9-18-10)19-15-7-5-12(8-14(15)16)11(2)17-3/h4-9,11,17H,1-3H3. The topological polar surface area (TPSA) is 34.1 Å². The maximum atomic E-state index is 6.24. The fourth-order valence-electron chi connectivity index (χ4n) is 1.68. The monoisotopic (exact) mass is 276 g/mol. The summed E-state index contributed by atoms with van der Waals surface area (Å²) in [5.74, 6) is 1.32. The number of pyridine rings is 1. The highest BCUT2D eigenvalue weighted by molar-refractivity contribution is 6.32. The maximum absolute atomic E-state index is 6.24. The summed E-state index contributed by atoms with van der Waals surface area (Å²) in [6.45, 7) is 4.01. The number of nitrogens with zero attached hydrogens (tertiary/aromatic N) is 1. The molecule has 1 atom stereocenters. The van der Waals surface area contributed by atoms with Crippen LogP contribution in [0.1, 0.15) is 24.2 Å². The van der Waals surface area contributed by atoms with E-state index in [0.717, 1.165) is 11.3 Å². The summed E-state index contributed by atoms with van der Waals surface area (Å²) >= 11 is 6.24. The first-order valence-electron chi connectivity index (χ1n) is 6.17. The van der Waals surface area contributed by atoms with E-state index in [0.29, 0.717) is 16.5 Å². The number of hydrogen-bond acceptors (Lipinski definition) is 3. The predicted molar refractivity (Wildman–Crippen MR) is 78.0 cm³/mol. The Morgan fingerprint density at radius 3 is 2.63 bits per heavy atom. The SMILES string of the molecule is CNC(C)c1ccc(Oc2ccc(C)nc2)c(Cl)c1. The number of ether oxygens (including phenoxy) is 1. The van der Waals surface area contributed by atoms with Gasteiger partial charge in [0.15, 0.2) is 0 Å². The van der Waals surface area contributed by atoms with Gasteiger partial charge in [-0.25, -0.2) is 0 Å². The summed E-state index contributed by atoms with van der Waals surface area (Å²) in [4.78, 5) is 4.19. The van der Waals surface area contributed by atoms with Crippen LogP contribution in [-0.4, -0.2) is 12.0 Å². The first-order chi connectivity index (χ1) is 9.10. The number of benzene rings is 1. The molecule has 1 unspecified atom stereocenters. The van der Waals surface area contributed by atoms with Crippen molar-refractivity contribution in [3.63, 3.8) is 0 Å². The minimum absolute atomic E-state index is 0.257. The Morgan fingerprint density at radius 1 is 1.26 bits per heavy atom. The van der Waals surface area contributed by atoms with Gasteiger partial charge in [0, 0.05) is 11.7 Å². The van der Waals surface area contributed by atoms with Crippen LogP contribution in [0.25, 0.3) is 0 Å². The second-order valence-corrected chi connectivity index (χ2v) is 4.84. The lowest BCUT2D eigenvalue weighted by Crippen LogP contribution is -2.12. The zero-order valence-electron chi connectivity index (χ0n) is 11.3. The van der Waals surface area contributed by atoms with Gasteiger partial charge in [-0.3, -0.25) is 4.98 Å². The Morgan fingerprint density at radius 2 is 2.05 bits per heavy atom. The molecule has 0 amide bonds. The second-order valence-electron chi connectivity index (χ2n) is 4.44. The van der Waals surface area contributed by atoms with E-state index in [9.17, 15) is 0 Å². The van der Waals surface area contributed by atoms with E-state index in [2.05, 4.69) is 17.2 Å². The molecule has 1 N–H and O–H groups in total. The molecule has 0 saturated carbocycles. The van der Waals surface area contributed by atoms with Crippen LogP contribution in [0.2, 0.25) is 5.02 Å². The van der Waals surface area contributed by atoms with E-state index in [1.54, 1.807) is 6.20 Å². The van der Waals surface area contributed by atoms with Gasteiger partial charge in [0.05, 0.1) is 11.2 Å². The number of aryl methyl sites for hydroxylation is 1. The molecule has 0 saturated heterocycles. The normalized spacial score (nSPS) is 12.2. The minimum Gasteiger partial charge on any atom is -0.454 e. The third kappa shape index (κ3) is 3.46. The van der Waals surface area contributed by atoms with E-state index in [-0.39, 0.29) is 6.04 Å². The van der Waals surface area contributed by atoms with Crippen LogP contribution in [0.15, 0.2) is 36.5 Å². The van der Waals surface area contributed by atoms with Crippen LogP contribution in [-0.2, 0) is 0 Å². The maximum Gasteiger partial charge on any atom is 0.146 e. The van der Waals surface area contributed by atoms with Gasteiger partial charge >= 0.3 is 0 Å². The fraction of sp³-hybridized carbons (Fsp3) is 0.267. The van der Waals surface area contributed by atoms with Crippen molar-refractivity contribution in [3.05, 3.63) is 52.8 Å². The Bertz CT molecular complexity index is 555. The van der Waals surface area contributed by atoms with Gasteiger partial charge in [-0.05, 0) is 50.7 Å². The van der Waals surface area contributed by atoms with E-state index < -0.39 is 0 Å². The second kappa shape index (κ2) is 6.04. The van der Waals surface area contributed by atoms with Crippen LogP contribution in [0.5, 0.6) is 11.5 Å². The van der Waals surface area contributed by atoms with Crippen molar-refractivity contribution in [1.29, 1.82) is 0 Å². The van der Waals surface area contributed by atoms with Gasteiger partial charge in [0.1, 0.15) is 11.5 Å². The molecule has 0 fully saturated rings. The molecule has 1 heterocycles. The molecule has 1 aromatic heterocycles. The van der Waals surface area contributed by atoms with Crippen LogP contribution in [0, 0.1) is 6.92 Å². The highest BCUT2D eigenvalue weighted by Gasteiger charge is 2.08. The lowest BCUT2D eigenvalue weighted by Gasteiger charge is -2.13. The summed E-state index contributed by atoms with van der Waals surface area (Å²) < 4.78 is 5.72. The smallest absolute Gasteiger partial charge is 0.146 e. The molecule has 100 valence electrons. The lowest BCUT2D eigenvalue weighted by atomic mass is 10.1. The number of nitrogens with one attached hydrogen (secondary N) is 1. The Kier molecular flexibility index (Phi) is 4.40. The molecule has 0 bridgehead atoms. The van der Waals surface area contributed by atoms with Crippen LogP contribution in [0.4, 0.5) is 0 Å². The van der Waals surface area contributed by atoms with Crippen LogP contribution >= 0.6 is 11.6 Å². The molecule has 19 heavy (non-hydrogen) atoms. The molecule has 0 aliphatic carbocycles. The molecule has 2 rings (SSSR count). The average Bonchev–Trinajstić information content (AvgIpc) is 2.42. The number of rotatable bonds is 4. The zero-order valence-corrected chi connectivity index (χ0v) is 12.0. The van der Waals surface area contributed by atoms with E-state index in [1.165, 1.54) is 0 Å². The lowest BCUT2D eigenvalue weighted by molar-refractivity contribution is 0.479. The van der Waals surface area contributed by atoms with Crippen molar-refractivity contribution in [1.82, 2.24) is 10.3 Å². The molecular formula is C15H17ClN2O. The largest absolute Gasteiger partial charge is 0.454 e. The molecule has 1 aromatic carbocycles. The van der Waals surface area contributed by atoms with Crippen molar-refractivity contribution in [2.24, 2.45) is 0 Å². The predicted octanol–water partition coefficient (Wildman–Crippen LogP) is 4.12.